The zero-order valence-corrected chi connectivity index (χ0v) is 34.4. The van der Waals surface area contributed by atoms with E-state index in [0.29, 0.717) is 17.5 Å². The van der Waals surface area contributed by atoms with E-state index in [1.807, 2.05) is 42.1 Å². The van der Waals surface area contributed by atoms with Crippen LogP contribution in [0.5, 0.6) is 0 Å². The molecule has 0 saturated heterocycles. The van der Waals surface area contributed by atoms with Gasteiger partial charge in [0, 0.05) is 26.5 Å². The Morgan fingerprint density at radius 3 is 1.40 bits per heavy atom. The molecule has 0 bridgehead atoms. The van der Waals surface area contributed by atoms with Gasteiger partial charge in [0.15, 0.2) is 17.5 Å². The van der Waals surface area contributed by atoms with Gasteiger partial charge in [0.25, 0.3) is 0 Å². The maximum atomic E-state index is 5.19. The van der Waals surface area contributed by atoms with Crippen LogP contribution in [0.4, 0.5) is 0 Å². The summed E-state index contributed by atoms with van der Waals surface area (Å²) in [5, 5.41) is 0. The first kappa shape index (κ1) is 36.2. The van der Waals surface area contributed by atoms with Crippen LogP contribution in [0, 0.1) is 0 Å². The van der Waals surface area contributed by atoms with Crippen molar-refractivity contribution in [2.45, 2.75) is 15.2 Å². The van der Waals surface area contributed by atoms with Gasteiger partial charge in [0.1, 0.15) is 0 Å². The standard InChI is InChI=1S/C58H37N3S/c1-3-18-38(19-4-1)44-26-7-8-29-48(44)57-60-55(39-20-5-2-6-21-39)59-56(61-57)43-25-16-23-41(37-43)40-22-15-24-42(36-40)45-30-17-34-52-54(45)62-53-35-14-13-33-51(53)58(52)49-31-11-9-27-46(49)47-28-10-12-32-50(47)58/h1-37H. The van der Waals surface area contributed by atoms with Crippen LogP contribution in [0.25, 0.3) is 78.7 Å². The minimum Gasteiger partial charge on any atom is -0.208 e. The third-order valence-corrected chi connectivity index (χ3v) is 13.6. The van der Waals surface area contributed by atoms with Crippen LogP contribution in [0.15, 0.2) is 234 Å². The van der Waals surface area contributed by atoms with Crippen molar-refractivity contribution in [1.29, 1.82) is 0 Å². The molecule has 0 saturated carbocycles. The van der Waals surface area contributed by atoms with E-state index in [4.69, 9.17) is 15.0 Å². The largest absolute Gasteiger partial charge is 0.208 e. The van der Waals surface area contributed by atoms with Crippen LogP contribution in [-0.2, 0) is 5.41 Å². The Hall–Kier alpha value is -7.66. The molecule has 9 aromatic carbocycles. The smallest absolute Gasteiger partial charge is 0.164 e. The van der Waals surface area contributed by atoms with Crippen molar-refractivity contribution < 1.29 is 0 Å². The summed E-state index contributed by atoms with van der Waals surface area (Å²) in [6.45, 7) is 0. The summed E-state index contributed by atoms with van der Waals surface area (Å²) in [4.78, 5) is 18.0. The van der Waals surface area contributed by atoms with Crippen LogP contribution in [0.1, 0.15) is 22.3 Å². The second-order valence-electron chi connectivity index (χ2n) is 15.9. The predicted molar refractivity (Wildman–Crippen MR) is 254 cm³/mol. The normalized spacial score (nSPS) is 12.9. The van der Waals surface area contributed by atoms with Gasteiger partial charge in [0.05, 0.1) is 5.41 Å². The van der Waals surface area contributed by atoms with Gasteiger partial charge in [-0.25, -0.2) is 15.0 Å². The fraction of sp³-hybridized carbons (Fsp3) is 0.0172. The quantitative estimate of drug-likeness (QED) is 0.168. The van der Waals surface area contributed by atoms with E-state index in [-0.39, 0.29) is 0 Å². The van der Waals surface area contributed by atoms with Crippen LogP contribution < -0.4 is 0 Å². The van der Waals surface area contributed by atoms with Crippen molar-refractivity contribution in [2.24, 2.45) is 0 Å². The van der Waals surface area contributed by atoms with Gasteiger partial charge in [-0.05, 0) is 85.0 Å². The maximum absolute atomic E-state index is 5.19. The van der Waals surface area contributed by atoms with E-state index in [1.54, 1.807) is 0 Å². The summed E-state index contributed by atoms with van der Waals surface area (Å²) in [6.07, 6.45) is 0. The fourth-order valence-electron chi connectivity index (χ4n) is 9.70. The fourth-order valence-corrected chi connectivity index (χ4v) is 11.0. The van der Waals surface area contributed by atoms with Gasteiger partial charge in [0.2, 0.25) is 0 Å². The number of benzene rings is 9. The second kappa shape index (κ2) is 14.8. The first-order valence-corrected chi connectivity index (χ1v) is 21.8. The molecule has 12 rings (SSSR count). The summed E-state index contributed by atoms with van der Waals surface area (Å²) < 4.78 is 0. The highest BCUT2D eigenvalue weighted by Crippen LogP contribution is 2.63. The Morgan fingerprint density at radius 1 is 0.274 bits per heavy atom. The highest BCUT2D eigenvalue weighted by atomic mass is 32.2. The maximum Gasteiger partial charge on any atom is 0.164 e. The first-order valence-electron chi connectivity index (χ1n) is 21.0. The third kappa shape index (κ3) is 5.79. The lowest BCUT2D eigenvalue weighted by molar-refractivity contribution is 0.723. The van der Waals surface area contributed by atoms with Gasteiger partial charge in [-0.3, -0.25) is 0 Å². The molecule has 2 heterocycles. The van der Waals surface area contributed by atoms with E-state index in [2.05, 4.69) is 194 Å². The molecule has 10 aromatic rings. The third-order valence-electron chi connectivity index (χ3n) is 12.4. The lowest BCUT2D eigenvalue weighted by atomic mass is 9.67. The summed E-state index contributed by atoms with van der Waals surface area (Å²) in [5.74, 6) is 1.90. The molecule has 0 N–H and O–H groups in total. The molecule has 1 spiro atoms. The molecule has 1 aromatic heterocycles. The van der Waals surface area contributed by atoms with Crippen molar-refractivity contribution >= 4 is 11.8 Å². The van der Waals surface area contributed by atoms with Crippen LogP contribution in [0.2, 0.25) is 0 Å². The Bertz CT molecular complexity index is 3290. The number of aromatic nitrogens is 3. The molecule has 290 valence electrons. The number of fused-ring (bicyclic) bond motifs is 9. The molecular formula is C58H37N3S. The number of hydrogen-bond acceptors (Lipinski definition) is 4. The van der Waals surface area contributed by atoms with Crippen molar-refractivity contribution in [3.8, 4) is 78.7 Å². The van der Waals surface area contributed by atoms with Crippen molar-refractivity contribution in [3.05, 3.63) is 247 Å². The van der Waals surface area contributed by atoms with Crippen LogP contribution in [0.3, 0.4) is 0 Å². The summed E-state index contributed by atoms with van der Waals surface area (Å²) >= 11 is 1.89. The number of nitrogens with zero attached hydrogens (tertiary/aromatic N) is 3. The number of rotatable bonds is 6. The lowest BCUT2D eigenvalue weighted by Gasteiger charge is -2.40. The Labute approximate surface area is 365 Å². The van der Waals surface area contributed by atoms with Gasteiger partial charge in [-0.1, -0.05) is 218 Å². The molecule has 0 atom stereocenters. The topological polar surface area (TPSA) is 38.7 Å². The van der Waals surface area contributed by atoms with Crippen molar-refractivity contribution in [2.75, 3.05) is 0 Å². The van der Waals surface area contributed by atoms with Gasteiger partial charge < -0.3 is 0 Å². The van der Waals surface area contributed by atoms with E-state index in [0.717, 1.165) is 38.9 Å². The molecule has 62 heavy (non-hydrogen) atoms. The Kier molecular flexibility index (Phi) is 8.65. The molecule has 0 radical (unpaired) electrons. The zero-order chi connectivity index (χ0) is 41.0. The van der Waals surface area contributed by atoms with Crippen molar-refractivity contribution in [1.82, 2.24) is 15.0 Å². The van der Waals surface area contributed by atoms with E-state index in [1.165, 1.54) is 54.3 Å². The molecule has 4 heteroatoms. The molecule has 3 nitrogen and oxygen atoms in total. The van der Waals surface area contributed by atoms with Gasteiger partial charge in [-0.15, -0.1) is 0 Å². The molecule has 2 aliphatic rings. The minimum atomic E-state index is -0.421. The van der Waals surface area contributed by atoms with Gasteiger partial charge >= 0.3 is 0 Å². The van der Waals surface area contributed by atoms with E-state index in [9.17, 15) is 0 Å². The zero-order valence-electron chi connectivity index (χ0n) is 33.6. The average Bonchev–Trinajstić information content (AvgIpc) is 3.65. The molecule has 0 amide bonds. The molecule has 0 unspecified atom stereocenters. The molecular weight excluding hydrogens is 771 g/mol. The summed E-state index contributed by atoms with van der Waals surface area (Å²) in [7, 11) is 0. The van der Waals surface area contributed by atoms with E-state index >= 15 is 0 Å². The molecule has 1 aliphatic carbocycles. The highest BCUT2D eigenvalue weighted by molar-refractivity contribution is 7.99. The molecule has 1 aliphatic heterocycles. The van der Waals surface area contributed by atoms with Crippen LogP contribution in [-0.4, -0.2) is 15.0 Å². The Balaban J connectivity index is 0.982. The first-order chi connectivity index (χ1) is 30.7. The van der Waals surface area contributed by atoms with Crippen LogP contribution >= 0.6 is 11.8 Å². The summed E-state index contributed by atoms with van der Waals surface area (Å²) in [5.41, 5.74) is 17.2. The summed E-state index contributed by atoms with van der Waals surface area (Å²) in [6, 6.07) is 80.4. The highest BCUT2D eigenvalue weighted by Gasteiger charge is 2.50. The molecule has 0 fully saturated rings. The van der Waals surface area contributed by atoms with Gasteiger partial charge in [-0.2, -0.15) is 0 Å². The average molecular weight is 808 g/mol. The lowest BCUT2D eigenvalue weighted by Crippen LogP contribution is -2.32. The predicted octanol–water partition coefficient (Wildman–Crippen LogP) is 14.7. The second-order valence-corrected chi connectivity index (χ2v) is 16.9. The Morgan fingerprint density at radius 2 is 0.710 bits per heavy atom. The van der Waals surface area contributed by atoms with E-state index < -0.39 is 5.41 Å². The van der Waals surface area contributed by atoms with Crippen molar-refractivity contribution in [3.63, 3.8) is 0 Å². The minimum absolute atomic E-state index is 0.421. The monoisotopic (exact) mass is 807 g/mol. The SMILES string of the molecule is c1ccc(-c2nc(-c3cccc(-c4cccc(-c5cccc6c5Sc5ccccc5C65c6ccccc6-c6ccccc65)c4)c3)nc(-c3ccccc3-c3ccccc3)n2)cc1. The number of hydrogen-bond donors (Lipinski definition) is 0.